The number of ether oxygens (including phenoxy) is 2. The molecule has 1 aliphatic rings. The first-order valence-electron chi connectivity index (χ1n) is 5.66. The van der Waals surface area contributed by atoms with Crippen molar-refractivity contribution in [3.8, 4) is 5.75 Å². The van der Waals surface area contributed by atoms with Gasteiger partial charge in [-0.05, 0) is 43.5 Å². The Bertz CT molecular complexity index is 390. The Kier molecular flexibility index (Phi) is 3.17. The molecule has 1 N–H and O–H groups in total. The molecule has 0 saturated carbocycles. The Morgan fingerprint density at radius 2 is 2.06 bits per heavy atom. The Hall–Kier alpha value is -1.06. The third kappa shape index (κ3) is 1.93. The van der Waals surface area contributed by atoms with E-state index in [0.29, 0.717) is 0 Å². The van der Waals surface area contributed by atoms with Crippen molar-refractivity contribution < 1.29 is 9.47 Å². The molecule has 0 spiro atoms. The predicted molar refractivity (Wildman–Crippen MR) is 63.8 cm³/mol. The van der Waals surface area contributed by atoms with Crippen LogP contribution in [0.2, 0.25) is 0 Å². The fraction of sp³-hybridized carbons (Fsp3) is 0.538. The van der Waals surface area contributed by atoms with Crippen LogP contribution >= 0.6 is 0 Å². The second kappa shape index (κ2) is 4.44. The Labute approximate surface area is 96.8 Å². The van der Waals surface area contributed by atoms with E-state index < -0.39 is 0 Å². The lowest BCUT2D eigenvalue weighted by Gasteiger charge is -2.16. The molecule has 1 aliphatic heterocycles. The summed E-state index contributed by atoms with van der Waals surface area (Å²) in [4.78, 5) is 0. The van der Waals surface area contributed by atoms with E-state index in [4.69, 9.17) is 9.47 Å². The summed E-state index contributed by atoms with van der Waals surface area (Å²) in [6.45, 7) is 7.13. The SMILES string of the molecule is COc1ccc(C2CNC(C)O2)c(C)c1C. The van der Waals surface area contributed by atoms with E-state index in [1.807, 2.05) is 13.0 Å². The van der Waals surface area contributed by atoms with Crippen LogP contribution in [-0.2, 0) is 4.74 Å². The standard InChI is InChI=1S/C13H19NO2/c1-8-9(2)12(15-4)6-5-11(8)13-7-14-10(3)16-13/h5-6,10,13-14H,7H2,1-4H3. The van der Waals surface area contributed by atoms with Crippen molar-refractivity contribution >= 4 is 0 Å². The third-order valence-electron chi connectivity index (χ3n) is 3.31. The molecule has 1 saturated heterocycles. The maximum absolute atomic E-state index is 5.80. The first kappa shape index (κ1) is 11.4. The van der Waals surface area contributed by atoms with Crippen molar-refractivity contribution in [3.05, 3.63) is 28.8 Å². The van der Waals surface area contributed by atoms with Crippen molar-refractivity contribution in [2.75, 3.05) is 13.7 Å². The highest BCUT2D eigenvalue weighted by molar-refractivity contribution is 5.44. The summed E-state index contributed by atoms with van der Waals surface area (Å²) in [5, 5.41) is 3.29. The molecule has 0 amide bonds. The van der Waals surface area contributed by atoms with Crippen molar-refractivity contribution in [2.45, 2.75) is 33.1 Å². The normalized spacial score (nSPS) is 24.8. The van der Waals surface area contributed by atoms with Crippen LogP contribution in [0.25, 0.3) is 0 Å². The molecule has 1 aromatic rings. The molecule has 1 heterocycles. The number of hydrogen-bond acceptors (Lipinski definition) is 3. The lowest BCUT2D eigenvalue weighted by Crippen LogP contribution is -2.17. The lowest BCUT2D eigenvalue weighted by atomic mass is 9.98. The van der Waals surface area contributed by atoms with Gasteiger partial charge in [0.25, 0.3) is 0 Å². The summed E-state index contributed by atoms with van der Waals surface area (Å²) in [6, 6.07) is 4.12. The average molecular weight is 221 g/mol. The van der Waals surface area contributed by atoms with Gasteiger partial charge in [0.05, 0.1) is 13.2 Å². The van der Waals surface area contributed by atoms with Gasteiger partial charge in [0, 0.05) is 6.54 Å². The molecule has 1 aromatic carbocycles. The minimum absolute atomic E-state index is 0.145. The molecule has 2 atom stereocenters. The van der Waals surface area contributed by atoms with Crippen LogP contribution in [0.5, 0.6) is 5.75 Å². The molecule has 0 bridgehead atoms. The van der Waals surface area contributed by atoms with Gasteiger partial charge in [0.2, 0.25) is 0 Å². The second-order valence-electron chi connectivity index (χ2n) is 4.28. The number of benzene rings is 1. The quantitative estimate of drug-likeness (QED) is 0.831. The zero-order valence-corrected chi connectivity index (χ0v) is 10.3. The molecule has 0 radical (unpaired) electrons. The minimum atomic E-state index is 0.145. The van der Waals surface area contributed by atoms with Crippen LogP contribution in [0.15, 0.2) is 12.1 Å². The Morgan fingerprint density at radius 3 is 2.62 bits per heavy atom. The lowest BCUT2D eigenvalue weighted by molar-refractivity contribution is 0.0525. The first-order chi connectivity index (χ1) is 7.63. The number of methoxy groups -OCH3 is 1. The van der Waals surface area contributed by atoms with Crippen LogP contribution in [0.4, 0.5) is 0 Å². The van der Waals surface area contributed by atoms with Gasteiger partial charge in [0.15, 0.2) is 0 Å². The van der Waals surface area contributed by atoms with Crippen molar-refractivity contribution in [1.29, 1.82) is 0 Å². The fourth-order valence-corrected chi connectivity index (χ4v) is 2.19. The van der Waals surface area contributed by atoms with Crippen LogP contribution < -0.4 is 10.1 Å². The van der Waals surface area contributed by atoms with Gasteiger partial charge in [-0.3, -0.25) is 5.32 Å². The van der Waals surface area contributed by atoms with Gasteiger partial charge < -0.3 is 9.47 Å². The summed E-state index contributed by atoms with van der Waals surface area (Å²) in [6.07, 6.45) is 0.311. The maximum atomic E-state index is 5.80. The van der Waals surface area contributed by atoms with E-state index in [1.165, 1.54) is 16.7 Å². The van der Waals surface area contributed by atoms with E-state index in [-0.39, 0.29) is 12.3 Å². The molecule has 1 fully saturated rings. The number of nitrogens with one attached hydrogen (secondary N) is 1. The molecule has 16 heavy (non-hydrogen) atoms. The van der Waals surface area contributed by atoms with Crippen LogP contribution in [0.1, 0.15) is 29.7 Å². The fourth-order valence-electron chi connectivity index (χ4n) is 2.19. The van der Waals surface area contributed by atoms with E-state index >= 15 is 0 Å². The van der Waals surface area contributed by atoms with Crippen LogP contribution in [0, 0.1) is 13.8 Å². The summed E-state index contributed by atoms with van der Waals surface area (Å²) in [5.74, 6) is 0.945. The number of hydrogen-bond donors (Lipinski definition) is 1. The average Bonchev–Trinajstić information content (AvgIpc) is 2.69. The highest BCUT2D eigenvalue weighted by Crippen LogP contribution is 2.31. The zero-order chi connectivity index (χ0) is 11.7. The summed E-state index contributed by atoms with van der Waals surface area (Å²) >= 11 is 0. The molecule has 0 aliphatic carbocycles. The smallest absolute Gasteiger partial charge is 0.122 e. The first-order valence-corrected chi connectivity index (χ1v) is 5.66. The van der Waals surface area contributed by atoms with Crippen molar-refractivity contribution in [2.24, 2.45) is 0 Å². The molecule has 2 rings (SSSR count). The Balaban J connectivity index is 2.32. The molecular formula is C13H19NO2. The molecule has 0 aromatic heterocycles. The second-order valence-corrected chi connectivity index (χ2v) is 4.28. The minimum Gasteiger partial charge on any atom is -0.496 e. The van der Waals surface area contributed by atoms with Crippen LogP contribution in [0.3, 0.4) is 0 Å². The van der Waals surface area contributed by atoms with Gasteiger partial charge in [-0.25, -0.2) is 0 Å². The van der Waals surface area contributed by atoms with Gasteiger partial charge in [-0.1, -0.05) is 6.07 Å². The van der Waals surface area contributed by atoms with Crippen LogP contribution in [-0.4, -0.2) is 19.9 Å². The van der Waals surface area contributed by atoms with Gasteiger partial charge in [0.1, 0.15) is 12.0 Å². The number of rotatable bonds is 2. The molecule has 3 nitrogen and oxygen atoms in total. The van der Waals surface area contributed by atoms with Crippen molar-refractivity contribution in [3.63, 3.8) is 0 Å². The molecular weight excluding hydrogens is 202 g/mol. The van der Waals surface area contributed by atoms with E-state index in [1.54, 1.807) is 7.11 Å². The monoisotopic (exact) mass is 221 g/mol. The summed E-state index contributed by atoms with van der Waals surface area (Å²) in [5.41, 5.74) is 3.72. The maximum Gasteiger partial charge on any atom is 0.122 e. The summed E-state index contributed by atoms with van der Waals surface area (Å²) < 4.78 is 11.1. The van der Waals surface area contributed by atoms with E-state index in [2.05, 4.69) is 25.2 Å². The van der Waals surface area contributed by atoms with Crippen molar-refractivity contribution in [1.82, 2.24) is 5.32 Å². The topological polar surface area (TPSA) is 30.5 Å². The zero-order valence-electron chi connectivity index (χ0n) is 10.3. The molecule has 88 valence electrons. The highest BCUT2D eigenvalue weighted by atomic mass is 16.5. The van der Waals surface area contributed by atoms with E-state index in [0.717, 1.165) is 12.3 Å². The molecule has 2 unspecified atom stereocenters. The molecule has 3 heteroatoms. The predicted octanol–water partition coefficient (Wildman–Crippen LogP) is 2.32. The highest BCUT2D eigenvalue weighted by Gasteiger charge is 2.24. The Morgan fingerprint density at radius 1 is 1.31 bits per heavy atom. The largest absolute Gasteiger partial charge is 0.496 e. The van der Waals surface area contributed by atoms with Gasteiger partial charge >= 0.3 is 0 Å². The third-order valence-corrected chi connectivity index (χ3v) is 3.31. The van der Waals surface area contributed by atoms with Gasteiger partial charge in [-0.15, -0.1) is 0 Å². The van der Waals surface area contributed by atoms with Gasteiger partial charge in [-0.2, -0.15) is 0 Å². The summed E-state index contributed by atoms with van der Waals surface area (Å²) in [7, 11) is 1.71. The van der Waals surface area contributed by atoms with E-state index in [9.17, 15) is 0 Å².